The van der Waals surface area contributed by atoms with Crippen LogP contribution in [-0.4, -0.2) is 40.7 Å². The van der Waals surface area contributed by atoms with Gasteiger partial charge in [0.05, 0.1) is 13.2 Å². The van der Waals surface area contributed by atoms with E-state index in [2.05, 4.69) is 19.8 Å². The molecule has 2 aliphatic carbocycles. The Morgan fingerprint density at radius 3 is 1.76 bits per heavy atom. The van der Waals surface area contributed by atoms with E-state index in [4.69, 9.17) is 13.8 Å². The third-order valence-electron chi connectivity index (χ3n) is 6.81. The number of hydrogen-bond acceptors (Lipinski definition) is 9. The van der Waals surface area contributed by atoms with Gasteiger partial charge in [0.2, 0.25) is 0 Å². The molecule has 2 aromatic carbocycles. The lowest BCUT2D eigenvalue weighted by molar-refractivity contribution is -0.275. The number of hydrogen-bond donors (Lipinski definition) is 1. The number of aliphatic hydroxyl groups excluding tert-OH is 1. The average Bonchev–Trinajstić information content (AvgIpc) is 3.91. The average molecular weight is 641 g/mol. The lowest BCUT2D eigenvalue weighted by Gasteiger charge is -2.12. The van der Waals surface area contributed by atoms with Crippen molar-refractivity contribution in [2.75, 3.05) is 6.61 Å². The van der Waals surface area contributed by atoms with E-state index in [1.807, 2.05) is 0 Å². The van der Waals surface area contributed by atoms with Gasteiger partial charge in [0, 0.05) is 28.5 Å². The Bertz CT molecular complexity index is 1640. The van der Waals surface area contributed by atoms with Crippen LogP contribution in [0.3, 0.4) is 0 Å². The van der Waals surface area contributed by atoms with Gasteiger partial charge in [-0.25, -0.2) is 4.79 Å². The molecule has 2 saturated carbocycles. The van der Waals surface area contributed by atoms with Crippen molar-refractivity contribution >= 4 is 5.97 Å². The van der Waals surface area contributed by atoms with Gasteiger partial charge in [0.25, 0.3) is 0 Å². The zero-order valence-electron chi connectivity index (χ0n) is 23.6. The predicted octanol–water partition coefficient (Wildman–Crippen LogP) is 7.90. The smallest absolute Gasteiger partial charge is 0.462 e. The highest BCUT2D eigenvalue weighted by molar-refractivity contribution is 5.98. The number of para-hydroxylation sites is 2. The molecule has 2 fully saturated rings. The number of carbonyl (C=O) groups excluding carboxylic acids is 1. The first kappa shape index (κ1) is 31.9. The number of esters is 1. The Labute approximate surface area is 251 Å². The van der Waals surface area contributed by atoms with Crippen molar-refractivity contribution in [3.05, 3.63) is 71.2 Å². The van der Waals surface area contributed by atoms with Crippen molar-refractivity contribution in [1.29, 1.82) is 0 Å². The Hall–Kier alpha value is -4.53. The van der Waals surface area contributed by atoms with Crippen molar-refractivity contribution in [2.45, 2.75) is 63.8 Å². The summed E-state index contributed by atoms with van der Waals surface area (Å²) in [5.41, 5.74) is 0.853. The largest absolute Gasteiger partial charge is 0.573 e. The molecule has 0 atom stereocenters. The molecule has 2 heterocycles. The van der Waals surface area contributed by atoms with Gasteiger partial charge in [0.1, 0.15) is 34.2 Å². The summed E-state index contributed by atoms with van der Waals surface area (Å²) in [6.45, 7) is 1.43. The highest BCUT2D eigenvalue weighted by Gasteiger charge is 2.38. The van der Waals surface area contributed by atoms with Crippen LogP contribution in [0.15, 0.2) is 57.6 Å². The second-order valence-corrected chi connectivity index (χ2v) is 10.2. The highest BCUT2D eigenvalue weighted by atomic mass is 19.4. The fourth-order valence-electron chi connectivity index (χ4n) is 4.62. The lowest BCUT2D eigenvalue weighted by atomic mass is 10.0. The number of benzene rings is 2. The van der Waals surface area contributed by atoms with E-state index in [9.17, 15) is 36.2 Å². The third kappa shape index (κ3) is 7.77. The van der Waals surface area contributed by atoms with E-state index in [-0.39, 0.29) is 58.9 Å². The van der Waals surface area contributed by atoms with Gasteiger partial charge in [-0.2, -0.15) is 0 Å². The van der Waals surface area contributed by atoms with E-state index in [1.54, 1.807) is 13.0 Å². The third-order valence-corrected chi connectivity index (χ3v) is 6.81. The van der Waals surface area contributed by atoms with Gasteiger partial charge in [0.15, 0.2) is 5.76 Å². The molecule has 0 aliphatic heterocycles. The molecule has 2 aliphatic rings. The zero-order chi connectivity index (χ0) is 32.4. The Kier molecular flexibility index (Phi) is 9.09. The number of aromatic nitrogens is 2. The van der Waals surface area contributed by atoms with E-state index >= 15 is 0 Å². The second-order valence-electron chi connectivity index (χ2n) is 10.2. The number of ether oxygens (including phenoxy) is 3. The Balaban J connectivity index is 0.000000179. The van der Waals surface area contributed by atoms with Crippen LogP contribution >= 0.6 is 0 Å². The number of alkyl halides is 6. The van der Waals surface area contributed by atoms with E-state index in [1.165, 1.54) is 36.4 Å². The molecule has 6 rings (SSSR count). The summed E-state index contributed by atoms with van der Waals surface area (Å²) in [4.78, 5) is 12.3. The Morgan fingerprint density at radius 1 is 0.800 bits per heavy atom. The molecule has 4 aromatic rings. The number of nitrogens with zero attached hydrogens (tertiary/aromatic N) is 2. The molecule has 0 bridgehead atoms. The fourth-order valence-corrected chi connectivity index (χ4v) is 4.62. The van der Waals surface area contributed by atoms with Crippen molar-refractivity contribution in [1.82, 2.24) is 10.3 Å². The van der Waals surface area contributed by atoms with E-state index < -0.39 is 24.4 Å². The van der Waals surface area contributed by atoms with Crippen molar-refractivity contribution in [3.63, 3.8) is 0 Å². The summed E-state index contributed by atoms with van der Waals surface area (Å²) in [7, 11) is 0. The van der Waals surface area contributed by atoms with Gasteiger partial charge in [-0.15, -0.1) is 26.3 Å². The first-order valence-electron chi connectivity index (χ1n) is 13.9. The van der Waals surface area contributed by atoms with Crippen LogP contribution in [0.2, 0.25) is 0 Å². The maximum Gasteiger partial charge on any atom is 0.573 e. The van der Waals surface area contributed by atoms with Gasteiger partial charge < -0.3 is 28.4 Å². The number of halogens is 6. The summed E-state index contributed by atoms with van der Waals surface area (Å²) in [5, 5.41) is 17.1. The van der Waals surface area contributed by atoms with Gasteiger partial charge in [-0.1, -0.05) is 34.6 Å². The number of rotatable bonds is 9. The van der Waals surface area contributed by atoms with Crippen molar-refractivity contribution < 1.29 is 59.5 Å². The van der Waals surface area contributed by atoms with Crippen LogP contribution in [0.1, 0.15) is 71.9 Å². The molecule has 0 amide bonds. The number of aliphatic hydroxyl groups is 1. The predicted molar refractivity (Wildman–Crippen MR) is 143 cm³/mol. The van der Waals surface area contributed by atoms with Crippen LogP contribution in [0.5, 0.6) is 11.5 Å². The quantitative estimate of drug-likeness (QED) is 0.144. The Morgan fingerprint density at radius 2 is 1.27 bits per heavy atom. The number of carbonyl (C=O) groups is 1. The lowest BCUT2D eigenvalue weighted by Crippen LogP contribution is -2.18. The molecular formula is C30H26F6N2O7. The molecular weight excluding hydrogens is 614 g/mol. The molecule has 15 heteroatoms. The monoisotopic (exact) mass is 640 g/mol. The van der Waals surface area contributed by atoms with Crippen LogP contribution in [-0.2, 0) is 11.3 Å². The maximum atomic E-state index is 12.6. The molecule has 0 spiro atoms. The molecule has 0 radical (unpaired) electrons. The molecule has 2 aromatic heterocycles. The summed E-state index contributed by atoms with van der Waals surface area (Å²) < 4.78 is 98.6. The van der Waals surface area contributed by atoms with Crippen molar-refractivity contribution in [2.24, 2.45) is 0 Å². The topological polar surface area (TPSA) is 117 Å². The molecule has 240 valence electrons. The minimum absolute atomic E-state index is 0.00444. The maximum absolute atomic E-state index is 12.6. The van der Waals surface area contributed by atoms with Crippen LogP contribution < -0.4 is 9.47 Å². The fraction of sp³-hybridized carbons (Fsp3) is 0.367. The van der Waals surface area contributed by atoms with Gasteiger partial charge >= 0.3 is 18.7 Å². The first-order valence-corrected chi connectivity index (χ1v) is 13.9. The summed E-state index contributed by atoms with van der Waals surface area (Å²) in [6.07, 6.45) is -6.12. The van der Waals surface area contributed by atoms with Crippen LogP contribution in [0.4, 0.5) is 26.3 Å². The summed E-state index contributed by atoms with van der Waals surface area (Å²) in [5.74, 6) is -0.343. The van der Waals surface area contributed by atoms with Crippen LogP contribution in [0.25, 0.3) is 22.5 Å². The normalized spacial score (nSPS) is 14.8. The highest BCUT2D eigenvalue weighted by Crippen LogP contribution is 2.46. The molecule has 1 N–H and O–H groups in total. The summed E-state index contributed by atoms with van der Waals surface area (Å²) >= 11 is 0. The van der Waals surface area contributed by atoms with E-state index in [0.717, 1.165) is 31.7 Å². The van der Waals surface area contributed by atoms with Crippen molar-refractivity contribution in [3.8, 4) is 34.0 Å². The standard InChI is InChI=1S/C16H14F3NO4.C14H12F3NO3/c1-2-22-15(21)12-13(20-24-14(12)9-7-8-9)10-5-3-4-6-11(10)23-16(17,18)19;15-14(16,17)20-11-4-2-1-3-9(11)12-10(7-19)13(21-18-12)8-5-6-8/h3-6,9H,2,7-8H2,1H3;1-4,8,19H,5-7H2. The molecule has 0 unspecified atom stereocenters. The minimum Gasteiger partial charge on any atom is -0.462 e. The molecule has 0 saturated heterocycles. The molecule has 9 nitrogen and oxygen atoms in total. The van der Waals surface area contributed by atoms with Crippen LogP contribution in [0, 0.1) is 0 Å². The second kappa shape index (κ2) is 12.8. The zero-order valence-corrected chi connectivity index (χ0v) is 23.6. The molecule has 45 heavy (non-hydrogen) atoms. The van der Waals surface area contributed by atoms with E-state index in [0.29, 0.717) is 17.1 Å². The first-order chi connectivity index (χ1) is 21.4. The summed E-state index contributed by atoms with van der Waals surface area (Å²) in [6, 6.07) is 11.1. The van der Waals surface area contributed by atoms with Gasteiger partial charge in [-0.05, 0) is 56.9 Å². The SMILES string of the molecule is CCOC(=O)c1c(-c2ccccc2OC(F)(F)F)noc1C1CC1.OCc1c(-c2ccccc2OC(F)(F)F)noc1C1CC1. The minimum atomic E-state index is -4.86. The van der Waals surface area contributed by atoms with Gasteiger partial charge in [-0.3, -0.25) is 0 Å².